The Balaban J connectivity index is 1.56. The Morgan fingerprint density at radius 3 is 2.50 bits per heavy atom. The van der Waals surface area contributed by atoms with Gasteiger partial charge in [-0.3, -0.25) is 14.4 Å². The molecule has 0 radical (unpaired) electrons. The molecule has 11 heteroatoms. The number of fused-ring (bicyclic) bond motifs is 1. The lowest BCUT2D eigenvalue weighted by Gasteiger charge is -2.30. The molecule has 1 N–H and O–H groups in total. The van der Waals surface area contributed by atoms with Crippen LogP contribution in [0, 0.1) is 19.8 Å². The number of amides is 2. The molecule has 1 aromatic heterocycles. The monoisotopic (exact) mass is 488 g/mol. The predicted molar refractivity (Wildman–Crippen MR) is 124 cm³/mol. The van der Waals surface area contributed by atoms with Crippen LogP contribution in [0.15, 0.2) is 18.2 Å². The highest BCUT2D eigenvalue weighted by atomic mass is 32.2. The van der Waals surface area contributed by atoms with Crippen molar-refractivity contribution in [1.29, 1.82) is 0 Å². The van der Waals surface area contributed by atoms with Gasteiger partial charge in [-0.15, -0.1) is 0 Å². The summed E-state index contributed by atoms with van der Waals surface area (Å²) < 4.78 is 30.9. The van der Waals surface area contributed by atoms with Gasteiger partial charge < -0.3 is 15.0 Å². The summed E-state index contributed by atoms with van der Waals surface area (Å²) in [4.78, 5) is 39.1. The molecule has 34 heavy (non-hydrogen) atoms. The van der Waals surface area contributed by atoms with Gasteiger partial charge in [-0.2, -0.15) is 5.10 Å². The SMILES string of the molecule is CCOC(=O)C1CCN(C(=O)C(=O)Nc2c3c(nn2-c2ccc(C)cc2C)CS(=O)(=O)C3)CC1. The first-order valence-corrected chi connectivity index (χ1v) is 13.1. The fourth-order valence-corrected chi connectivity index (χ4v) is 5.97. The van der Waals surface area contributed by atoms with E-state index >= 15 is 0 Å². The second kappa shape index (κ2) is 9.21. The molecule has 1 fully saturated rings. The smallest absolute Gasteiger partial charge is 0.315 e. The second-order valence-corrected chi connectivity index (χ2v) is 10.8. The Kier molecular flexibility index (Phi) is 6.48. The number of rotatable bonds is 4. The molecule has 0 atom stereocenters. The van der Waals surface area contributed by atoms with Crippen molar-refractivity contribution in [2.24, 2.45) is 5.92 Å². The number of ether oxygens (including phenoxy) is 1. The Hall–Kier alpha value is -3.21. The van der Waals surface area contributed by atoms with Crippen molar-refractivity contribution in [2.45, 2.75) is 45.1 Å². The second-order valence-electron chi connectivity index (χ2n) is 8.78. The van der Waals surface area contributed by atoms with Crippen LogP contribution in [0.3, 0.4) is 0 Å². The van der Waals surface area contributed by atoms with Gasteiger partial charge in [-0.25, -0.2) is 13.1 Å². The van der Waals surface area contributed by atoms with E-state index in [0.717, 1.165) is 11.1 Å². The third-order valence-electron chi connectivity index (χ3n) is 6.20. The maximum Gasteiger partial charge on any atom is 0.315 e. The van der Waals surface area contributed by atoms with Gasteiger partial charge in [0.15, 0.2) is 9.84 Å². The minimum atomic E-state index is -3.36. The maximum absolute atomic E-state index is 12.9. The van der Waals surface area contributed by atoms with Gasteiger partial charge in [-0.05, 0) is 45.2 Å². The van der Waals surface area contributed by atoms with Gasteiger partial charge in [0.05, 0.1) is 35.4 Å². The Bertz CT molecular complexity index is 1260. The number of carbonyl (C=O) groups is 3. The molecule has 0 aliphatic carbocycles. The van der Waals surface area contributed by atoms with Crippen molar-refractivity contribution in [3.05, 3.63) is 40.6 Å². The maximum atomic E-state index is 12.9. The van der Waals surface area contributed by atoms with Gasteiger partial charge in [0.2, 0.25) is 0 Å². The average Bonchev–Trinajstić information content (AvgIpc) is 3.25. The number of nitrogens with one attached hydrogen (secondary N) is 1. The molecule has 2 amide bonds. The molecular weight excluding hydrogens is 460 g/mol. The minimum Gasteiger partial charge on any atom is -0.466 e. The van der Waals surface area contributed by atoms with E-state index in [1.807, 2.05) is 32.0 Å². The summed E-state index contributed by atoms with van der Waals surface area (Å²) in [5, 5.41) is 7.10. The highest BCUT2D eigenvalue weighted by molar-refractivity contribution is 7.90. The van der Waals surface area contributed by atoms with Crippen LogP contribution in [0.1, 0.15) is 42.1 Å². The number of carbonyl (C=O) groups excluding carboxylic acids is 3. The summed E-state index contributed by atoms with van der Waals surface area (Å²) in [5.41, 5.74) is 3.41. The molecule has 2 aliphatic rings. The highest BCUT2D eigenvalue weighted by Crippen LogP contribution is 2.34. The lowest BCUT2D eigenvalue weighted by Crippen LogP contribution is -2.45. The molecule has 0 saturated carbocycles. The lowest BCUT2D eigenvalue weighted by atomic mass is 9.97. The summed E-state index contributed by atoms with van der Waals surface area (Å²) in [6, 6.07) is 5.71. The molecule has 182 valence electrons. The first-order valence-electron chi connectivity index (χ1n) is 11.3. The molecule has 1 aromatic carbocycles. The largest absolute Gasteiger partial charge is 0.466 e. The van der Waals surface area contributed by atoms with Crippen molar-refractivity contribution < 1.29 is 27.5 Å². The molecule has 4 rings (SSSR count). The quantitative estimate of drug-likeness (QED) is 0.512. The highest BCUT2D eigenvalue weighted by Gasteiger charge is 2.36. The number of aromatic nitrogens is 2. The van der Waals surface area contributed by atoms with Crippen LogP contribution in [0.5, 0.6) is 0 Å². The van der Waals surface area contributed by atoms with Crippen molar-refractivity contribution >= 4 is 33.4 Å². The van der Waals surface area contributed by atoms with Crippen LogP contribution >= 0.6 is 0 Å². The number of aryl methyl sites for hydroxylation is 2. The number of nitrogens with zero attached hydrogens (tertiary/aromatic N) is 3. The molecule has 3 heterocycles. The number of hydrogen-bond donors (Lipinski definition) is 1. The zero-order valence-electron chi connectivity index (χ0n) is 19.5. The normalized spacial score (nSPS) is 17.3. The number of esters is 1. The molecule has 10 nitrogen and oxygen atoms in total. The fraction of sp³-hybridized carbons (Fsp3) is 0.478. The Morgan fingerprint density at radius 2 is 1.85 bits per heavy atom. The van der Waals surface area contributed by atoms with Crippen LogP contribution in [-0.4, -0.2) is 60.6 Å². The predicted octanol–water partition coefficient (Wildman–Crippen LogP) is 1.66. The molecule has 2 aromatic rings. The number of anilines is 1. The van der Waals surface area contributed by atoms with Crippen LogP contribution in [0.4, 0.5) is 5.82 Å². The number of hydrogen-bond acceptors (Lipinski definition) is 7. The number of piperidine rings is 1. The molecule has 0 spiro atoms. The van der Waals surface area contributed by atoms with E-state index in [4.69, 9.17) is 4.74 Å². The first-order chi connectivity index (χ1) is 16.1. The zero-order chi connectivity index (χ0) is 24.6. The van der Waals surface area contributed by atoms with Gasteiger partial charge in [0.1, 0.15) is 5.82 Å². The van der Waals surface area contributed by atoms with Crippen molar-refractivity contribution in [3.8, 4) is 5.69 Å². The summed E-state index contributed by atoms with van der Waals surface area (Å²) >= 11 is 0. The fourth-order valence-electron chi connectivity index (χ4n) is 4.47. The number of likely N-dealkylation sites (tertiary alicyclic amines) is 1. The van der Waals surface area contributed by atoms with E-state index in [2.05, 4.69) is 10.4 Å². The van der Waals surface area contributed by atoms with Crippen molar-refractivity contribution in [1.82, 2.24) is 14.7 Å². The van der Waals surface area contributed by atoms with E-state index in [-0.39, 0.29) is 42.3 Å². The van der Waals surface area contributed by atoms with E-state index in [1.54, 1.807) is 6.92 Å². The van der Waals surface area contributed by atoms with Gasteiger partial charge >= 0.3 is 17.8 Å². The summed E-state index contributed by atoms with van der Waals surface area (Å²) in [6.45, 7) is 6.42. The van der Waals surface area contributed by atoms with Crippen LogP contribution in [-0.2, 0) is 40.5 Å². The summed E-state index contributed by atoms with van der Waals surface area (Å²) in [5.74, 6) is -2.43. The lowest BCUT2D eigenvalue weighted by molar-refractivity contribution is -0.152. The van der Waals surface area contributed by atoms with E-state index in [9.17, 15) is 22.8 Å². The van der Waals surface area contributed by atoms with Gasteiger partial charge in [-0.1, -0.05) is 17.7 Å². The molecule has 0 unspecified atom stereocenters. The Labute approximate surface area is 198 Å². The Morgan fingerprint density at radius 1 is 1.15 bits per heavy atom. The van der Waals surface area contributed by atoms with E-state index in [0.29, 0.717) is 36.4 Å². The summed E-state index contributed by atoms with van der Waals surface area (Å²) in [6.07, 6.45) is 0.845. The van der Waals surface area contributed by atoms with Crippen molar-refractivity contribution in [2.75, 3.05) is 25.0 Å². The standard InChI is InChI=1S/C23H28N4O6S/c1-4-33-23(30)16-7-9-26(10-8-16)22(29)21(28)24-20-17-12-34(31,32)13-18(17)25-27(20)19-6-5-14(2)11-15(19)3/h5-6,11,16H,4,7-10,12-13H2,1-3H3,(H,24,28). The van der Waals surface area contributed by atoms with Gasteiger partial charge in [0, 0.05) is 18.7 Å². The van der Waals surface area contributed by atoms with E-state index < -0.39 is 21.7 Å². The third kappa shape index (κ3) is 4.70. The van der Waals surface area contributed by atoms with Crippen molar-refractivity contribution in [3.63, 3.8) is 0 Å². The minimum absolute atomic E-state index is 0.197. The average molecular weight is 489 g/mol. The van der Waals surface area contributed by atoms with Gasteiger partial charge in [0.25, 0.3) is 0 Å². The molecular formula is C23H28N4O6S. The number of sulfone groups is 1. The summed E-state index contributed by atoms with van der Waals surface area (Å²) in [7, 11) is -3.36. The third-order valence-corrected chi connectivity index (χ3v) is 7.64. The van der Waals surface area contributed by atoms with Crippen LogP contribution in [0.25, 0.3) is 5.69 Å². The zero-order valence-corrected chi connectivity index (χ0v) is 20.3. The molecule has 1 saturated heterocycles. The topological polar surface area (TPSA) is 128 Å². The van der Waals surface area contributed by atoms with Crippen LogP contribution in [0.2, 0.25) is 0 Å². The van der Waals surface area contributed by atoms with E-state index in [1.165, 1.54) is 9.58 Å². The first kappa shape index (κ1) is 23.9. The van der Waals surface area contributed by atoms with Crippen LogP contribution < -0.4 is 5.32 Å². The molecule has 2 aliphatic heterocycles. The molecule has 0 bridgehead atoms. The number of benzene rings is 1.